The summed E-state index contributed by atoms with van der Waals surface area (Å²) < 4.78 is 38.3. The van der Waals surface area contributed by atoms with E-state index in [1.165, 1.54) is 24.3 Å². The van der Waals surface area contributed by atoms with Crippen LogP contribution in [0.3, 0.4) is 0 Å². The number of halogens is 2. The van der Waals surface area contributed by atoms with Crippen LogP contribution in [0, 0.1) is 0 Å². The Morgan fingerprint density at radius 2 is 1.74 bits per heavy atom. The second-order valence-corrected chi connectivity index (χ2v) is 10.2. The van der Waals surface area contributed by atoms with Crippen LogP contribution >= 0.6 is 30.8 Å². The Morgan fingerprint density at radius 1 is 1.11 bits per heavy atom. The summed E-state index contributed by atoms with van der Waals surface area (Å²) in [6.07, 6.45) is -1.05. The number of nitrogens with one attached hydrogen (secondary N) is 1. The zero-order chi connectivity index (χ0) is 20.0. The Bertz CT molecular complexity index is 1070. The zero-order valence-corrected chi connectivity index (χ0v) is 16.7. The van der Waals surface area contributed by atoms with Crippen LogP contribution in [0.5, 0.6) is 0 Å². The van der Waals surface area contributed by atoms with Gasteiger partial charge in [0.25, 0.3) is 10.0 Å². The fourth-order valence-electron chi connectivity index (χ4n) is 2.64. The molecule has 2 aromatic rings. The standard InChI is InChI=1S/C15H13Cl2N2O6PS/c16-10-5-11(17)7-13(6-10)27(24,25)19(8-26(21,22)23)12-1-2-14-9(3-12)4-15(20)18-14/h1-3,5-7H,4,8H2,(H,18,20)(H2,21,22,23). The summed E-state index contributed by atoms with van der Waals surface area (Å²) in [5, 5.41) is 2.71. The molecule has 3 N–H and O–H groups in total. The van der Waals surface area contributed by atoms with E-state index in [1.54, 1.807) is 0 Å². The third kappa shape index (κ3) is 4.45. The molecule has 12 heteroatoms. The Morgan fingerprint density at radius 3 is 2.33 bits per heavy atom. The van der Waals surface area contributed by atoms with Crippen molar-refractivity contribution in [2.45, 2.75) is 11.3 Å². The molecular formula is C15H13Cl2N2O6PS. The van der Waals surface area contributed by atoms with Crippen LogP contribution in [0.15, 0.2) is 41.3 Å². The van der Waals surface area contributed by atoms with Gasteiger partial charge in [0.2, 0.25) is 5.91 Å². The highest BCUT2D eigenvalue weighted by Crippen LogP contribution is 2.41. The van der Waals surface area contributed by atoms with Gasteiger partial charge in [-0.3, -0.25) is 13.7 Å². The number of benzene rings is 2. The van der Waals surface area contributed by atoms with E-state index in [1.807, 2.05) is 0 Å². The Labute approximate surface area is 164 Å². The highest BCUT2D eigenvalue weighted by atomic mass is 35.5. The van der Waals surface area contributed by atoms with Crippen molar-refractivity contribution in [3.05, 3.63) is 52.0 Å². The van der Waals surface area contributed by atoms with Gasteiger partial charge in [-0.15, -0.1) is 0 Å². The molecule has 0 aliphatic carbocycles. The lowest BCUT2D eigenvalue weighted by Gasteiger charge is -2.25. The quantitative estimate of drug-likeness (QED) is 0.601. The van der Waals surface area contributed by atoms with Crippen LogP contribution in [-0.2, 0) is 25.8 Å². The third-order valence-corrected chi connectivity index (χ3v) is 6.77. The minimum Gasteiger partial charge on any atom is -0.326 e. The largest absolute Gasteiger partial charge is 0.345 e. The van der Waals surface area contributed by atoms with Crippen LogP contribution < -0.4 is 9.62 Å². The molecule has 2 aromatic carbocycles. The molecule has 0 saturated heterocycles. The minimum atomic E-state index is -4.76. The molecule has 27 heavy (non-hydrogen) atoms. The number of carbonyl (C=O) groups excluding carboxylic acids is 1. The van der Waals surface area contributed by atoms with Gasteiger partial charge < -0.3 is 15.1 Å². The van der Waals surface area contributed by atoms with Gasteiger partial charge in [-0.05, 0) is 42.0 Å². The van der Waals surface area contributed by atoms with E-state index in [4.69, 9.17) is 23.2 Å². The maximum atomic E-state index is 13.1. The predicted octanol–water partition coefficient (Wildman–Crippen LogP) is 2.82. The summed E-state index contributed by atoms with van der Waals surface area (Å²) in [7, 11) is -9.16. The maximum absolute atomic E-state index is 13.1. The van der Waals surface area contributed by atoms with Crippen LogP contribution in [0.4, 0.5) is 11.4 Å². The molecule has 8 nitrogen and oxygen atoms in total. The molecule has 1 aliphatic heterocycles. The molecule has 0 bridgehead atoms. The van der Waals surface area contributed by atoms with Crippen LogP contribution in [0.2, 0.25) is 10.0 Å². The fourth-order valence-corrected chi connectivity index (χ4v) is 6.05. The van der Waals surface area contributed by atoms with E-state index in [-0.39, 0.29) is 33.0 Å². The molecule has 1 aliphatic rings. The third-order valence-electron chi connectivity index (χ3n) is 3.74. The molecule has 3 rings (SSSR count). The number of hydrogen-bond donors (Lipinski definition) is 3. The molecule has 0 aromatic heterocycles. The number of hydrogen-bond acceptors (Lipinski definition) is 4. The van der Waals surface area contributed by atoms with Crippen molar-refractivity contribution in [3.8, 4) is 0 Å². The van der Waals surface area contributed by atoms with Gasteiger partial charge in [-0.2, -0.15) is 0 Å². The maximum Gasteiger partial charge on any atom is 0.345 e. The van der Waals surface area contributed by atoms with E-state index in [2.05, 4.69) is 5.32 Å². The number of carbonyl (C=O) groups is 1. The summed E-state index contributed by atoms with van der Waals surface area (Å²) in [5.41, 5.74) is 1.04. The second-order valence-electron chi connectivity index (χ2n) is 5.83. The molecule has 0 saturated carbocycles. The normalized spacial score (nSPS) is 14.0. The van der Waals surface area contributed by atoms with Gasteiger partial charge in [0.05, 0.1) is 17.0 Å². The predicted molar refractivity (Wildman–Crippen MR) is 102 cm³/mol. The van der Waals surface area contributed by atoms with Crippen molar-refractivity contribution in [2.75, 3.05) is 15.9 Å². The molecular weight excluding hydrogens is 438 g/mol. The van der Waals surface area contributed by atoms with E-state index < -0.39 is 23.9 Å². The number of rotatable bonds is 5. The first kappa shape index (κ1) is 20.1. The van der Waals surface area contributed by atoms with Gasteiger partial charge in [-0.25, -0.2) is 8.42 Å². The van der Waals surface area contributed by atoms with Gasteiger partial charge in [0, 0.05) is 15.7 Å². The van der Waals surface area contributed by atoms with Crippen molar-refractivity contribution in [1.29, 1.82) is 0 Å². The molecule has 0 atom stereocenters. The fraction of sp³-hybridized carbons (Fsp3) is 0.133. The SMILES string of the molecule is O=C1Cc2cc(N(CP(=O)(O)O)S(=O)(=O)c3cc(Cl)cc(Cl)c3)ccc2N1. The van der Waals surface area contributed by atoms with Crippen molar-refractivity contribution in [2.24, 2.45) is 0 Å². The second kappa shape index (κ2) is 7.09. The first-order chi connectivity index (χ1) is 12.5. The van der Waals surface area contributed by atoms with Gasteiger partial charge in [-0.1, -0.05) is 23.2 Å². The van der Waals surface area contributed by atoms with Gasteiger partial charge in [0.1, 0.15) is 6.29 Å². The first-order valence-corrected chi connectivity index (χ1v) is 11.4. The lowest BCUT2D eigenvalue weighted by atomic mass is 10.1. The van der Waals surface area contributed by atoms with Crippen molar-refractivity contribution < 1.29 is 27.6 Å². The minimum absolute atomic E-state index is 0.00433. The molecule has 0 fully saturated rings. The molecule has 0 unspecified atom stereocenters. The monoisotopic (exact) mass is 450 g/mol. The summed E-state index contributed by atoms with van der Waals surface area (Å²) in [6, 6.07) is 7.82. The van der Waals surface area contributed by atoms with Crippen LogP contribution in [0.25, 0.3) is 0 Å². The molecule has 1 amide bonds. The van der Waals surface area contributed by atoms with Crippen molar-refractivity contribution in [1.82, 2.24) is 0 Å². The lowest BCUT2D eigenvalue weighted by molar-refractivity contribution is -0.115. The van der Waals surface area contributed by atoms with Crippen LogP contribution in [0.1, 0.15) is 5.56 Å². The topological polar surface area (TPSA) is 124 Å². The Kier molecular flexibility index (Phi) is 5.28. The first-order valence-electron chi connectivity index (χ1n) is 7.42. The van der Waals surface area contributed by atoms with E-state index in [9.17, 15) is 27.6 Å². The average Bonchev–Trinajstić information content (AvgIpc) is 2.89. The molecule has 1 heterocycles. The molecule has 144 valence electrons. The number of anilines is 2. The molecule has 0 radical (unpaired) electrons. The summed E-state index contributed by atoms with van der Waals surface area (Å²) in [5.74, 6) is -0.256. The number of fused-ring (bicyclic) bond motifs is 1. The summed E-state index contributed by atoms with van der Waals surface area (Å²) in [6.45, 7) is 0. The Hall–Kier alpha value is -1.61. The number of nitrogens with zero attached hydrogens (tertiary/aromatic N) is 1. The van der Waals surface area contributed by atoms with Gasteiger partial charge >= 0.3 is 7.60 Å². The Balaban J connectivity index is 2.13. The van der Waals surface area contributed by atoms with Gasteiger partial charge in [0.15, 0.2) is 0 Å². The van der Waals surface area contributed by atoms with E-state index in [0.717, 1.165) is 12.1 Å². The zero-order valence-electron chi connectivity index (χ0n) is 13.5. The van der Waals surface area contributed by atoms with E-state index >= 15 is 0 Å². The molecule has 0 spiro atoms. The van der Waals surface area contributed by atoms with Crippen molar-refractivity contribution >= 4 is 58.1 Å². The highest BCUT2D eigenvalue weighted by molar-refractivity contribution is 7.93. The number of sulfonamides is 1. The summed E-state index contributed by atoms with van der Waals surface area (Å²) in [4.78, 5) is 30.0. The average molecular weight is 451 g/mol. The van der Waals surface area contributed by atoms with Crippen LogP contribution in [-0.4, -0.2) is 30.4 Å². The summed E-state index contributed by atoms with van der Waals surface area (Å²) >= 11 is 11.7. The van der Waals surface area contributed by atoms with Crippen molar-refractivity contribution in [3.63, 3.8) is 0 Å². The number of amides is 1. The highest BCUT2D eigenvalue weighted by Gasteiger charge is 2.32. The lowest BCUT2D eigenvalue weighted by Crippen LogP contribution is -2.32. The smallest absolute Gasteiger partial charge is 0.326 e. The van der Waals surface area contributed by atoms with E-state index in [0.29, 0.717) is 15.6 Å².